The zero-order chi connectivity index (χ0) is 15.9. The standard InChI is InChI=1S/C16H30N4O/c1-7-13(2)20(8-9-21-6)15-17-10-14(11-18-15)12-19-16(3,4)5/h10-11,13,19H,7-9,12H2,1-6H3. The van der Waals surface area contributed by atoms with Crippen molar-refractivity contribution < 1.29 is 4.74 Å². The monoisotopic (exact) mass is 294 g/mol. The molecule has 0 amide bonds. The maximum Gasteiger partial charge on any atom is 0.225 e. The Labute approximate surface area is 129 Å². The normalized spacial score (nSPS) is 13.2. The highest BCUT2D eigenvalue weighted by atomic mass is 16.5. The molecule has 1 atom stereocenters. The highest BCUT2D eigenvalue weighted by molar-refractivity contribution is 5.31. The maximum atomic E-state index is 5.18. The summed E-state index contributed by atoms with van der Waals surface area (Å²) in [6, 6.07) is 0.402. The van der Waals surface area contributed by atoms with E-state index >= 15 is 0 Å². The Morgan fingerprint density at radius 3 is 2.38 bits per heavy atom. The molecule has 1 aromatic heterocycles. The van der Waals surface area contributed by atoms with Crippen LogP contribution in [-0.2, 0) is 11.3 Å². The van der Waals surface area contributed by atoms with Gasteiger partial charge in [0.2, 0.25) is 5.95 Å². The lowest BCUT2D eigenvalue weighted by Crippen LogP contribution is -2.37. The smallest absolute Gasteiger partial charge is 0.225 e. The van der Waals surface area contributed by atoms with E-state index in [2.05, 4.69) is 54.8 Å². The van der Waals surface area contributed by atoms with E-state index in [0.29, 0.717) is 12.6 Å². The van der Waals surface area contributed by atoms with Crippen molar-refractivity contribution in [3.8, 4) is 0 Å². The van der Waals surface area contributed by atoms with E-state index < -0.39 is 0 Å². The molecular formula is C16H30N4O. The number of aromatic nitrogens is 2. The first-order valence-corrected chi connectivity index (χ1v) is 7.69. The molecule has 1 N–H and O–H groups in total. The van der Waals surface area contributed by atoms with Gasteiger partial charge in [-0.05, 0) is 34.1 Å². The van der Waals surface area contributed by atoms with Crippen LogP contribution in [0, 0.1) is 0 Å². The first-order valence-electron chi connectivity index (χ1n) is 7.69. The van der Waals surface area contributed by atoms with Gasteiger partial charge in [0.15, 0.2) is 0 Å². The van der Waals surface area contributed by atoms with Crippen molar-refractivity contribution in [2.75, 3.05) is 25.2 Å². The summed E-state index contributed by atoms with van der Waals surface area (Å²) in [5.74, 6) is 0.779. The average molecular weight is 294 g/mol. The molecule has 21 heavy (non-hydrogen) atoms. The summed E-state index contributed by atoms with van der Waals surface area (Å²) in [5.41, 5.74) is 1.20. The van der Waals surface area contributed by atoms with Crippen LogP contribution in [0.2, 0.25) is 0 Å². The third kappa shape index (κ3) is 6.40. The number of hydrogen-bond donors (Lipinski definition) is 1. The molecule has 1 aromatic rings. The molecule has 0 saturated carbocycles. The third-order valence-electron chi connectivity index (χ3n) is 3.43. The van der Waals surface area contributed by atoms with Gasteiger partial charge in [0.25, 0.3) is 0 Å². The average Bonchev–Trinajstić information content (AvgIpc) is 2.45. The molecule has 5 nitrogen and oxygen atoms in total. The van der Waals surface area contributed by atoms with Crippen molar-refractivity contribution in [1.29, 1.82) is 0 Å². The van der Waals surface area contributed by atoms with Gasteiger partial charge in [0.05, 0.1) is 6.61 Å². The summed E-state index contributed by atoms with van der Waals surface area (Å²) < 4.78 is 5.18. The Bertz CT molecular complexity index is 400. The molecule has 1 rings (SSSR count). The van der Waals surface area contributed by atoms with E-state index in [0.717, 1.165) is 31.0 Å². The van der Waals surface area contributed by atoms with E-state index in [1.54, 1.807) is 7.11 Å². The third-order valence-corrected chi connectivity index (χ3v) is 3.43. The largest absolute Gasteiger partial charge is 0.383 e. The van der Waals surface area contributed by atoms with Crippen LogP contribution >= 0.6 is 0 Å². The summed E-state index contributed by atoms with van der Waals surface area (Å²) in [4.78, 5) is 11.2. The molecule has 0 radical (unpaired) electrons. The summed E-state index contributed by atoms with van der Waals surface area (Å²) >= 11 is 0. The molecule has 0 saturated heterocycles. The first kappa shape index (κ1) is 17.9. The highest BCUT2D eigenvalue weighted by Crippen LogP contribution is 2.13. The summed E-state index contributed by atoms with van der Waals surface area (Å²) in [6.07, 6.45) is 4.87. The van der Waals surface area contributed by atoms with Crippen LogP contribution in [0.4, 0.5) is 5.95 Å². The molecule has 0 fully saturated rings. The molecule has 5 heteroatoms. The molecular weight excluding hydrogens is 264 g/mol. The van der Waals surface area contributed by atoms with Crippen molar-refractivity contribution in [3.63, 3.8) is 0 Å². The minimum absolute atomic E-state index is 0.0971. The van der Waals surface area contributed by atoms with Gasteiger partial charge < -0.3 is 15.0 Å². The van der Waals surface area contributed by atoms with Gasteiger partial charge in [-0.25, -0.2) is 9.97 Å². The number of rotatable bonds is 8. The molecule has 0 aromatic carbocycles. The highest BCUT2D eigenvalue weighted by Gasteiger charge is 2.15. The van der Waals surface area contributed by atoms with Gasteiger partial charge >= 0.3 is 0 Å². The maximum absolute atomic E-state index is 5.18. The lowest BCUT2D eigenvalue weighted by Gasteiger charge is -2.28. The van der Waals surface area contributed by atoms with Crippen LogP contribution in [0.5, 0.6) is 0 Å². The van der Waals surface area contributed by atoms with Crippen molar-refractivity contribution in [1.82, 2.24) is 15.3 Å². The number of hydrogen-bond acceptors (Lipinski definition) is 5. The lowest BCUT2D eigenvalue weighted by atomic mass is 10.1. The molecule has 0 spiro atoms. The van der Waals surface area contributed by atoms with Crippen LogP contribution in [-0.4, -0.2) is 41.8 Å². The van der Waals surface area contributed by atoms with Gasteiger partial charge in [-0.15, -0.1) is 0 Å². The van der Waals surface area contributed by atoms with Gasteiger partial charge in [-0.1, -0.05) is 6.92 Å². The molecule has 0 bridgehead atoms. The van der Waals surface area contributed by atoms with Crippen molar-refractivity contribution in [3.05, 3.63) is 18.0 Å². The Kier molecular flexibility index (Phi) is 7.05. The Morgan fingerprint density at radius 1 is 1.29 bits per heavy atom. The van der Waals surface area contributed by atoms with Gasteiger partial charge in [0.1, 0.15) is 0 Å². The van der Waals surface area contributed by atoms with Gasteiger partial charge in [0, 0.05) is 49.7 Å². The van der Waals surface area contributed by atoms with Crippen molar-refractivity contribution in [2.24, 2.45) is 0 Å². The van der Waals surface area contributed by atoms with Gasteiger partial charge in [-0.2, -0.15) is 0 Å². The molecule has 1 unspecified atom stereocenters. The quantitative estimate of drug-likeness (QED) is 0.798. The number of methoxy groups -OCH3 is 1. The molecule has 0 aliphatic heterocycles. The Balaban J connectivity index is 2.72. The minimum atomic E-state index is 0.0971. The van der Waals surface area contributed by atoms with E-state index in [1.165, 1.54) is 0 Å². The predicted molar refractivity (Wildman–Crippen MR) is 87.6 cm³/mol. The molecule has 0 aliphatic carbocycles. The van der Waals surface area contributed by atoms with Crippen LogP contribution in [0.25, 0.3) is 0 Å². The zero-order valence-electron chi connectivity index (χ0n) is 14.3. The Hall–Kier alpha value is -1.20. The fourth-order valence-corrected chi connectivity index (χ4v) is 1.88. The molecule has 120 valence electrons. The van der Waals surface area contributed by atoms with Crippen LogP contribution in [0.3, 0.4) is 0 Å². The summed E-state index contributed by atoms with van der Waals surface area (Å²) in [5, 5.41) is 3.44. The van der Waals surface area contributed by atoms with Crippen LogP contribution < -0.4 is 10.2 Å². The van der Waals surface area contributed by atoms with Crippen molar-refractivity contribution >= 4 is 5.95 Å². The summed E-state index contributed by atoms with van der Waals surface area (Å²) in [6.45, 7) is 13.1. The van der Waals surface area contributed by atoms with E-state index in [4.69, 9.17) is 4.74 Å². The van der Waals surface area contributed by atoms with E-state index in [-0.39, 0.29) is 5.54 Å². The Morgan fingerprint density at radius 2 is 1.90 bits per heavy atom. The SMILES string of the molecule is CCC(C)N(CCOC)c1ncc(CNC(C)(C)C)cn1. The number of nitrogens with one attached hydrogen (secondary N) is 1. The first-order chi connectivity index (χ1) is 9.87. The van der Waals surface area contributed by atoms with Crippen LogP contribution in [0.15, 0.2) is 12.4 Å². The molecule has 1 heterocycles. The van der Waals surface area contributed by atoms with Gasteiger partial charge in [-0.3, -0.25) is 0 Å². The topological polar surface area (TPSA) is 50.3 Å². The zero-order valence-corrected chi connectivity index (χ0v) is 14.3. The number of anilines is 1. The fraction of sp³-hybridized carbons (Fsp3) is 0.750. The second kappa shape index (κ2) is 8.29. The second-order valence-corrected chi connectivity index (χ2v) is 6.44. The van der Waals surface area contributed by atoms with Crippen molar-refractivity contribution in [2.45, 2.75) is 59.2 Å². The fourth-order valence-electron chi connectivity index (χ4n) is 1.88. The van der Waals surface area contributed by atoms with E-state index in [9.17, 15) is 0 Å². The van der Waals surface area contributed by atoms with Crippen LogP contribution in [0.1, 0.15) is 46.6 Å². The summed E-state index contributed by atoms with van der Waals surface area (Å²) in [7, 11) is 1.72. The minimum Gasteiger partial charge on any atom is -0.383 e. The predicted octanol–water partition coefficient (Wildman–Crippen LogP) is 2.62. The lowest BCUT2D eigenvalue weighted by molar-refractivity contribution is 0.203. The number of ether oxygens (including phenoxy) is 1. The second-order valence-electron chi connectivity index (χ2n) is 6.44. The van der Waals surface area contributed by atoms with E-state index in [1.807, 2.05) is 12.4 Å². The number of nitrogens with zero attached hydrogens (tertiary/aromatic N) is 3. The molecule has 0 aliphatic rings.